The van der Waals surface area contributed by atoms with Gasteiger partial charge in [0.25, 0.3) is 0 Å². The van der Waals surface area contributed by atoms with Crippen LogP contribution in [0.4, 0.5) is 0 Å². The van der Waals surface area contributed by atoms with Crippen molar-refractivity contribution in [3.63, 3.8) is 0 Å². The molecule has 1 rings (SSSR count). The Hall–Kier alpha value is 1.92. The quantitative estimate of drug-likeness (QED) is 0.367. The van der Waals surface area contributed by atoms with E-state index in [0.717, 1.165) is 0 Å². The fourth-order valence-corrected chi connectivity index (χ4v) is 6.56. The van der Waals surface area contributed by atoms with Crippen molar-refractivity contribution in [1.82, 2.24) is 0 Å². The van der Waals surface area contributed by atoms with Gasteiger partial charge in [-0.05, 0) is 0 Å². The van der Waals surface area contributed by atoms with Crippen LogP contribution in [0.15, 0.2) is 11.1 Å². The third kappa shape index (κ3) is 4.52. The van der Waals surface area contributed by atoms with Gasteiger partial charge in [-0.3, -0.25) is 0 Å². The first-order valence-corrected chi connectivity index (χ1v) is 6.55. The van der Waals surface area contributed by atoms with E-state index in [1.165, 1.54) is 0 Å². The molecule has 0 aromatic rings. The normalized spacial score (nSPS) is 26.8. The van der Waals surface area contributed by atoms with E-state index in [4.69, 9.17) is 0 Å². The van der Waals surface area contributed by atoms with Crippen LogP contribution in [0.5, 0.6) is 0 Å². The predicted octanol–water partition coefficient (Wildman–Crippen LogP) is -7.07. The zero-order valence-corrected chi connectivity index (χ0v) is 14.7. The molecule has 0 aromatic carbocycles. The molecule has 5 heteroatoms. The average Bonchev–Trinajstić information content (AvgIpc) is 1.95. The first kappa shape index (κ1) is 20.3. The third-order valence-electron chi connectivity index (χ3n) is 2.23. The van der Waals surface area contributed by atoms with Crippen LogP contribution in [0.3, 0.4) is 0 Å². The second-order valence-electron chi connectivity index (χ2n) is 3.02. The second kappa shape index (κ2) is 7.24. The Balaban J connectivity index is -0.000000333. The van der Waals surface area contributed by atoms with Gasteiger partial charge in [0.15, 0.2) is 0 Å². The van der Waals surface area contributed by atoms with Crippen molar-refractivity contribution in [2.24, 2.45) is 0 Å². The molecule has 0 saturated carbocycles. The Morgan fingerprint density at radius 1 is 1.08 bits per heavy atom. The van der Waals surface area contributed by atoms with Gasteiger partial charge in [0, 0.05) is 0 Å². The van der Waals surface area contributed by atoms with Crippen molar-refractivity contribution in [1.29, 1.82) is 0 Å². The molecule has 74 valence electrons. The van der Waals surface area contributed by atoms with Crippen molar-refractivity contribution < 1.29 is 61.9 Å². The molecule has 0 amide bonds. The predicted molar refractivity (Wildman–Crippen MR) is 43.2 cm³/mol. The van der Waals surface area contributed by atoms with Gasteiger partial charge in [-0.15, -0.1) is 0 Å². The Kier molecular flexibility index (Phi) is 11.3. The zero-order chi connectivity index (χ0) is 7.94. The molecular formula is C8H12AsCl3Zr. The molecular weight excluding hydrogens is 369 g/mol. The molecule has 0 N–H and O–H groups in total. The molecule has 1 unspecified atom stereocenters. The van der Waals surface area contributed by atoms with Crippen molar-refractivity contribution in [2.45, 2.75) is 29.6 Å². The first-order chi connectivity index (χ1) is 4.45. The molecule has 0 nitrogen and oxygen atoms in total. The maximum Gasteiger partial charge on any atom is -1.00 e. The minimum atomic E-state index is 0. The van der Waals surface area contributed by atoms with E-state index in [1.807, 2.05) is 0 Å². The van der Waals surface area contributed by atoms with E-state index in [-0.39, 0.29) is 37.2 Å². The summed E-state index contributed by atoms with van der Waals surface area (Å²) in [4.78, 5) is 0. The molecule has 1 aliphatic rings. The fraction of sp³-hybridized carbons (Fsp3) is 0.625. The number of rotatable bonds is 0. The van der Waals surface area contributed by atoms with Gasteiger partial charge in [-0.1, -0.05) is 0 Å². The summed E-state index contributed by atoms with van der Waals surface area (Å²) >= 11 is 2.17. The van der Waals surface area contributed by atoms with E-state index in [0.29, 0.717) is 17.2 Å². The van der Waals surface area contributed by atoms with Gasteiger partial charge in [-0.2, -0.15) is 0 Å². The van der Waals surface area contributed by atoms with Crippen molar-refractivity contribution >= 4 is 19.6 Å². The van der Waals surface area contributed by atoms with Crippen LogP contribution >= 0.6 is 0 Å². The summed E-state index contributed by atoms with van der Waals surface area (Å²) in [5, 5.41) is 0. The Labute approximate surface area is 121 Å². The van der Waals surface area contributed by atoms with E-state index in [2.05, 4.69) is 27.7 Å². The zero-order valence-electron chi connectivity index (χ0n) is 8.08. The van der Waals surface area contributed by atoms with Gasteiger partial charge >= 0.3 is 85.1 Å². The molecule has 13 heavy (non-hydrogen) atoms. The van der Waals surface area contributed by atoms with Crippen molar-refractivity contribution in [2.75, 3.05) is 0 Å². The molecule has 1 heterocycles. The van der Waals surface area contributed by atoms with E-state index in [1.54, 1.807) is 40.2 Å². The molecule has 0 bridgehead atoms. The number of halogens is 3. The summed E-state index contributed by atoms with van der Waals surface area (Å²) in [6.07, 6.45) is 0. The van der Waals surface area contributed by atoms with Gasteiger partial charge in [0.2, 0.25) is 0 Å². The van der Waals surface area contributed by atoms with Gasteiger partial charge in [-0.25, -0.2) is 0 Å². The maximum absolute atomic E-state index is 2.40. The first-order valence-electron chi connectivity index (χ1n) is 3.45. The maximum atomic E-state index is 2.40. The SMILES string of the molecule is CC1=[As][C](C)([Zr+3])C(C)=C1C.[Cl-].[Cl-].[Cl-]. The van der Waals surface area contributed by atoms with Crippen LogP contribution in [0.2, 0.25) is 1.91 Å². The topological polar surface area (TPSA) is 0 Å². The number of allylic oxidation sites excluding steroid dienone is 2. The van der Waals surface area contributed by atoms with E-state index >= 15 is 0 Å². The van der Waals surface area contributed by atoms with Gasteiger partial charge < -0.3 is 37.2 Å². The molecule has 1 aliphatic heterocycles. The molecule has 0 radical (unpaired) electrons. The fourth-order valence-electron chi connectivity index (χ4n) is 1.14. The van der Waals surface area contributed by atoms with Gasteiger partial charge in [0.1, 0.15) is 0 Å². The molecule has 0 aliphatic carbocycles. The van der Waals surface area contributed by atoms with Crippen LogP contribution < -0.4 is 37.2 Å². The van der Waals surface area contributed by atoms with Crippen LogP contribution in [-0.2, 0) is 24.7 Å². The average molecular weight is 381 g/mol. The summed E-state index contributed by atoms with van der Waals surface area (Å²) in [5.74, 6) is 0. The van der Waals surface area contributed by atoms with Crippen molar-refractivity contribution in [3.8, 4) is 0 Å². The smallest absolute Gasteiger partial charge is 1.00 e. The van der Waals surface area contributed by atoms with Gasteiger partial charge in [0.05, 0.1) is 0 Å². The van der Waals surface area contributed by atoms with Crippen LogP contribution in [0, 0.1) is 0 Å². The summed E-state index contributed by atoms with van der Waals surface area (Å²) in [6.45, 7) is 9.28. The van der Waals surface area contributed by atoms with E-state index in [9.17, 15) is 0 Å². The Morgan fingerprint density at radius 2 is 1.46 bits per heavy atom. The summed E-state index contributed by atoms with van der Waals surface area (Å²) in [7, 11) is 0. The minimum absolute atomic E-state index is 0. The Morgan fingerprint density at radius 3 is 1.54 bits per heavy atom. The standard InChI is InChI=1S/C8H12As.3ClH.Zr/c1-5-6(2)8(4)9-7(5)3;;;;/h1-4H3;3*1H;/q;;;;+3/p-3. The van der Waals surface area contributed by atoms with Crippen LogP contribution in [0.25, 0.3) is 0 Å². The monoisotopic (exact) mass is 378 g/mol. The minimum Gasteiger partial charge on any atom is -1.00 e. The summed E-state index contributed by atoms with van der Waals surface area (Å²) in [6, 6.07) is 0. The molecule has 0 saturated heterocycles. The number of hydrogen-bond acceptors (Lipinski definition) is 0. The number of hydrogen-bond donors (Lipinski definition) is 0. The molecule has 1 atom stereocenters. The van der Waals surface area contributed by atoms with Crippen molar-refractivity contribution in [3.05, 3.63) is 11.1 Å². The Bertz CT molecular complexity index is 234. The molecule has 0 spiro atoms. The van der Waals surface area contributed by atoms with Crippen LogP contribution in [0.1, 0.15) is 27.7 Å². The molecule has 0 fully saturated rings. The largest absolute Gasteiger partial charge is 1.00 e. The third-order valence-corrected chi connectivity index (χ3v) is 7.63. The van der Waals surface area contributed by atoms with Crippen LogP contribution in [-0.4, -0.2) is 19.6 Å². The van der Waals surface area contributed by atoms with E-state index < -0.39 is 0 Å². The molecule has 0 aromatic heterocycles. The summed E-state index contributed by atoms with van der Waals surface area (Å²) in [5.41, 5.74) is 3.25. The summed E-state index contributed by atoms with van der Waals surface area (Å²) < 4.78 is 2.31. The second-order valence-corrected chi connectivity index (χ2v) is 11.5.